The van der Waals surface area contributed by atoms with Crippen molar-refractivity contribution in [1.82, 2.24) is 5.32 Å². The van der Waals surface area contributed by atoms with Gasteiger partial charge in [-0.05, 0) is 55.5 Å². The first-order valence-corrected chi connectivity index (χ1v) is 8.73. The lowest BCUT2D eigenvalue weighted by Gasteiger charge is -2.32. The molecule has 1 amide bonds. The monoisotopic (exact) mass is 357 g/mol. The fourth-order valence-corrected chi connectivity index (χ4v) is 3.02. The molecule has 1 saturated carbocycles. The predicted octanol–water partition coefficient (Wildman–Crippen LogP) is 2.00. The number of carbonyl (C=O) groups excluding carboxylic acids is 1. The summed E-state index contributed by atoms with van der Waals surface area (Å²) in [5, 5.41) is 12.3. The van der Waals surface area contributed by atoms with Crippen LogP contribution < -0.4 is 15.7 Å². The van der Waals surface area contributed by atoms with Gasteiger partial charge >= 0.3 is 5.63 Å². The molecule has 2 aromatic rings. The zero-order chi connectivity index (χ0) is 18.7. The normalized spacial score (nSPS) is 18.9. The minimum Gasteiger partial charge on any atom is -0.497 e. The third-order valence-electron chi connectivity index (χ3n) is 4.80. The van der Waals surface area contributed by atoms with E-state index in [4.69, 9.17) is 9.15 Å². The number of aliphatic hydroxyl groups excluding tert-OH is 1. The Balaban J connectivity index is 1.68. The number of carbonyl (C=O) groups is 1. The second kappa shape index (κ2) is 7.74. The van der Waals surface area contributed by atoms with E-state index in [-0.39, 0.29) is 11.6 Å². The maximum atomic E-state index is 12.3. The molecule has 1 aliphatic rings. The minimum absolute atomic E-state index is 0.0114. The SMILES string of the molecule is COc1ccc(CCc2cc(C)c(C(=O)N[C@H]3CC[C@H]3O)c(=O)o2)cc1. The Kier molecular flexibility index (Phi) is 5.42. The number of hydrogen-bond acceptors (Lipinski definition) is 5. The molecule has 6 heteroatoms. The maximum absolute atomic E-state index is 12.3. The van der Waals surface area contributed by atoms with Crippen LogP contribution in [0, 0.1) is 6.92 Å². The van der Waals surface area contributed by atoms with Crippen molar-refractivity contribution in [1.29, 1.82) is 0 Å². The Morgan fingerprint density at radius 2 is 2.00 bits per heavy atom. The molecule has 2 atom stereocenters. The summed E-state index contributed by atoms with van der Waals surface area (Å²) in [5.74, 6) is 0.855. The fourth-order valence-electron chi connectivity index (χ4n) is 3.02. The number of nitrogens with one attached hydrogen (secondary N) is 1. The lowest BCUT2D eigenvalue weighted by atomic mass is 9.89. The Hall–Kier alpha value is -2.60. The standard InChI is InChI=1S/C20H23NO5/c1-12-11-15(8-5-13-3-6-14(25-2)7-4-13)26-20(24)18(12)19(23)21-16-9-10-17(16)22/h3-4,6-7,11,16-17,22H,5,8-10H2,1-2H3,(H,21,23)/t16-,17+/m0/s1. The molecule has 3 rings (SSSR count). The van der Waals surface area contributed by atoms with E-state index in [1.165, 1.54) is 0 Å². The molecular weight excluding hydrogens is 334 g/mol. The summed E-state index contributed by atoms with van der Waals surface area (Å²) < 4.78 is 10.5. The van der Waals surface area contributed by atoms with Crippen LogP contribution in [0.25, 0.3) is 0 Å². The van der Waals surface area contributed by atoms with Gasteiger partial charge in [-0.3, -0.25) is 4.79 Å². The first-order valence-electron chi connectivity index (χ1n) is 8.73. The van der Waals surface area contributed by atoms with Crippen LogP contribution in [0.15, 0.2) is 39.5 Å². The van der Waals surface area contributed by atoms with Crippen molar-refractivity contribution >= 4 is 5.91 Å². The molecule has 1 aromatic heterocycles. The van der Waals surface area contributed by atoms with Crippen molar-refractivity contribution in [3.05, 3.63) is 63.2 Å². The lowest BCUT2D eigenvalue weighted by molar-refractivity contribution is 0.0445. The molecule has 1 heterocycles. The molecule has 0 radical (unpaired) electrons. The van der Waals surface area contributed by atoms with E-state index >= 15 is 0 Å². The van der Waals surface area contributed by atoms with E-state index in [2.05, 4.69) is 5.32 Å². The topological polar surface area (TPSA) is 88.8 Å². The Morgan fingerprint density at radius 3 is 2.54 bits per heavy atom. The van der Waals surface area contributed by atoms with Gasteiger partial charge in [0, 0.05) is 6.42 Å². The maximum Gasteiger partial charge on any atom is 0.349 e. The van der Waals surface area contributed by atoms with Gasteiger partial charge in [-0.2, -0.15) is 0 Å². The highest BCUT2D eigenvalue weighted by Crippen LogP contribution is 2.20. The molecule has 26 heavy (non-hydrogen) atoms. The molecule has 0 bridgehead atoms. The Bertz CT molecular complexity index is 840. The Labute approximate surface area is 151 Å². The molecule has 0 unspecified atom stereocenters. The fraction of sp³-hybridized carbons (Fsp3) is 0.400. The largest absolute Gasteiger partial charge is 0.497 e. The van der Waals surface area contributed by atoms with E-state index in [1.54, 1.807) is 20.1 Å². The van der Waals surface area contributed by atoms with Gasteiger partial charge in [0.2, 0.25) is 0 Å². The third-order valence-corrected chi connectivity index (χ3v) is 4.80. The van der Waals surface area contributed by atoms with Crippen molar-refractivity contribution in [3.63, 3.8) is 0 Å². The van der Waals surface area contributed by atoms with Crippen molar-refractivity contribution < 1.29 is 19.1 Å². The summed E-state index contributed by atoms with van der Waals surface area (Å²) in [7, 11) is 1.62. The number of methoxy groups -OCH3 is 1. The van der Waals surface area contributed by atoms with Crippen LogP contribution in [0.5, 0.6) is 5.75 Å². The quantitative estimate of drug-likeness (QED) is 0.825. The zero-order valence-electron chi connectivity index (χ0n) is 15.0. The second-order valence-electron chi connectivity index (χ2n) is 6.63. The number of ether oxygens (including phenoxy) is 1. The van der Waals surface area contributed by atoms with Crippen LogP contribution in [0.2, 0.25) is 0 Å². The van der Waals surface area contributed by atoms with E-state index in [1.807, 2.05) is 24.3 Å². The summed E-state index contributed by atoms with van der Waals surface area (Å²) in [6, 6.07) is 9.16. The van der Waals surface area contributed by atoms with E-state index in [9.17, 15) is 14.7 Å². The number of hydrogen-bond donors (Lipinski definition) is 2. The molecule has 0 saturated heterocycles. The van der Waals surface area contributed by atoms with Gasteiger partial charge in [0.05, 0.1) is 19.3 Å². The average Bonchev–Trinajstić information content (AvgIpc) is 2.63. The highest BCUT2D eigenvalue weighted by molar-refractivity contribution is 5.95. The summed E-state index contributed by atoms with van der Waals surface area (Å²) in [6.45, 7) is 1.72. The first-order chi connectivity index (χ1) is 12.5. The number of aliphatic hydroxyl groups is 1. The summed E-state index contributed by atoms with van der Waals surface area (Å²) in [4.78, 5) is 24.6. The van der Waals surface area contributed by atoms with Crippen LogP contribution in [-0.2, 0) is 12.8 Å². The number of aryl methyl sites for hydroxylation is 3. The van der Waals surface area contributed by atoms with Gasteiger partial charge in [-0.15, -0.1) is 0 Å². The molecule has 0 aliphatic heterocycles. The smallest absolute Gasteiger partial charge is 0.349 e. The Morgan fingerprint density at radius 1 is 1.27 bits per heavy atom. The van der Waals surface area contributed by atoms with Gasteiger partial charge in [0.25, 0.3) is 5.91 Å². The number of benzene rings is 1. The van der Waals surface area contributed by atoms with Crippen molar-refractivity contribution in [3.8, 4) is 5.75 Å². The molecule has 2 N–H and O–H groups in total. The number of rotatable bonds is 6. The van der Waals surface area contributed by atoms with E-state index in [0.29, 0.717) is 30.6 Å². The van der Waals surface area contributed by atoms with Crippen molar-refractivity contribution in [2.45, 2.75) is 44.8 Å². The molecule has 6 nitrogen and oxygen atoms in total. The summed E-state index contributed by atoms with van der Waals surface area (Å²) >= 11 is 0. The predicted molar refractivity (Wildman–Crippen MR) is 96.6 cm³/mol. The highest BCUT2D eigenvalue weighted by Gasteiger charge is 2.31. The molecule has 138 valence electrons. The molecule has 0 spiro atoms. The van der Waals surface area contributed by atoms with Gasteiger partial charge in [0.1, 0.15) is 17.1 Å². The average molecular weight is 357 g/mol. The van der Waals surface area contributed by atoms with E-state index < -0.39 is 17.6 Å². The van der Waals surface area contributed by atoms with Crippen molar-refractivity contribution in [2.75, 3.05) is 7.11 Å². The minimum atomic E-state index is -0.638. The summed E-state index contributed by atoms with van der Waals surface area (Å²) in [5.41, 5.74) is 1.06. The van der Waals surface area contributed by atoms with Crippen LogP contribution in [0.1, 0.15) is 40.1 Å². The van der Waals surface area contributed by atoms with Crippen LogP contribution >= 0.6 is 0 Å². The first kappa shape index (κ1) is 18.2. The van der Waals surface area contributed by atoms with Gasteiger partial charge < -0.3 is 19.6 Å². The van der Waals surface area contributed by atoms with Crippen LogP contribution in [0.3, 0.4) is 0 Å². The second-order valence-corrected chi connectivity index (χ2v) is 6.63. The molecular formula is C20H23NO5. The number of amides is 1. The van der Waals surface area contributed by atoms with Crippen molar-refractivity contribution in [2.24, 2.45) is 0 Å². The summed E-state index contributed by atoms with van der Waals surface area (Å²) in [6.07, 6.45) is 2.13. The van der Waals surface area contributed by atoms with Crippen LogP contribution in [0.4, 0.5) is 0 Å². The molecule has 1 aliphatic carbocycles. The van der Waals surface area contributed by atoms with Gasteiger partial charge in [-0.1, -0.05) is 12.1 Å². The highest BCUT2D eigenvalue weighted by atomic mass is 16.5. The third kappa shape index (κ3) is 3.96. The van der Waals surface area contributed by atoms with Gasteiger partial charge in [0.15, 0.2) is 0 Å². The van der Waals surface area contributed by atoms with E-state index in [0.717, 1.165) is 17.7 Å². The molecule has 1 fully saturated rings. The zero-order valence-corrected chi connectivity index (χ0v) is 15.0. The lowest BCUT2D eigenvalue weighted by Crippen LogP contribution is -2.51. The molecule has 1 aromatic carbocycles. The van der Waals surface area contributed by atoms with Gasteiger partial charge in [-0.25, -0.2) is 4.79 Å². The van der Waals surface area contributed by atoms with Crippen LogP contribution in [-0.4, -0.2) is 30.3 Å².